The number of halogens is 1. The summed E-state index contributed by atoms with van der Waals surface area (Å²) in [5.41, 5.74) is 1.60. The fourth-order valence-electron chi connectivity index (χ4n) is 1.39. The van der Waals surface area contributed by atoms with Gasteiger partial charge in [-0.2, -0.15) is 0 Å². The van der Waals surface area contributed by atoms with E-state index in [-0.39, 0.29) is 5.15 Å². The first-order chi connectivity index (χ1) is 7.61. The van der Waals surface area contributed by atoms with Gasteiger partial charge in [0.25, 0.3) is 0 Å². The van der Waals surface area contributed by atoms with Crippen molar-refractivity contribution in [3.8, 4) is 0 Å². The van der Waals surface area contributed by atoms with Crippen LogP contribution in [-0.2, 0) is 0 Å². The Hall–Kier alpha value is -1.69. The van der Waals surface area contributed by atoms with Gasteiger partial charge in [-0.1, -0.05) is 17.7 Å². The van der Waals surface area contributed by atoms with Crippen LogP contribution in [0.5, 0.6) is 0 Å². The van der Waals surface area contributed by atoms with Gasteiger partial charge in [-0.15, -0.1) is 0 Å². The molecule has 0 bridgehead atoms. The van der Waals surface area contributed by atoms with Crippen molar-refractivity contribution in [2.75, 3.05) is 5.12 Å². The lowest BCUT2D eigenvalue weighted by Gasteiger charge is -2.11. The van der Waals surface area contributed by atoms with E-state index in [0.29, 0.717) is 23.1 Å². The molecule has 4 N–H and O–H groups in total. The normalized spacial score (nSPS) is 10.4. The van der Waals surface area contributed by atoms with Gasteiger partial charge in [0.05, 0.1) is 16.8 Å². The summed E-state index contributed by atoms with van der Waals surface area (Å²) in [6, 6.07) is 6.86. The smallest absolute Gasteiger partial charge is 0.153 e. The molecule has 0 aliphatic carbocycles. The van der Waals surface area contributed by atoms with E-state index in [1.807, 2.05) is 0 Å². The fourth-order valence-corrected chi connectivity index (χ4v) is 1.58. The minimum Gasteiger partial charge on any atom is -0.298 e. The zero-order chi connectivity index (χ0) is 11.7. The molecule has 16 heavy (non-hydrogen) atoms. The second-order valence-corrected chi connectivity index (χ2v) is 3.63. The quantitative estimate of drug-likeness (QED) is 0.355. The van der Waals surface area contributed by atoms with Gasteiger partial charge in [0.1, 0.15) is 5.15 Å². The van der Waals surface area contributed by atoms with Crippen LogP contribution in [-0.4, -0.2) is 11.3 Å². The van der Waals surface area contributed by atoms with E-state index in [4.69, 9.17) is 23.3 Å². The van der Waals surface area contributed by atoms with Gasteiger partial charge < -0.3 is 0 Å². The lowest BCUT2D eigenvalue weighted by Crippen LogP contribution is -2.37. The van der Waals surface area contributed by atoms with Gasteiger partial charge in [0.15, 0.2) is 6.29 Å². The van der Waals surface area contributed by atoms with Crippen molar-refractivity contribution in [2.45, 2.75) is 0 Å². The van der Waals surface area contributed by atoms with Gasteiger partial charge in [0.2, 0.25) is 0 Å². The molecule has 0 saturated heterocycles. The minimum atomic E-state index is 0.167. The first-order valence-corrected chi connectivity index (χ1v) is 4.84. The molecule has 1 heterocycles. The van der Waals surface area contributed by atoms with E-state index in [0.717, 1.165) is 10.5 Å². The highest BCUT2D eigenvalue weighted by atomic mass is 35.5. The number of anilines is 1. The molecule has 6 heteroatoms. The van der Waals surface area contributed by atoms with Crippen LogP contribution in [0, 0.1) is 0 Å². The summed E-state index contributed by atoms with van der Waals surface area (Å²) in [5, 5.41) is 1.96. The van der Waals surface area contributed by atoms with Crippen LogP contribution in [0.2, 0.25) is 5.15 Å². The van der Waals surface area contributed by atoms with Gasteiger partial charge in [-0.25, -0.2) is 21.8 Å². The molecule has 0 fully saturated rings. The second kappa shape index (κ2) is 4.05. The number of rotatable bonds is 2. The summed E-state index contributed by atoms with van der Waals surface area (Å²) in [6.07, 6.45) is 0.668. The Bertz CT molecular complexity index is 556. The van der Waals surface area contributed by atoms with Crippen LogP contribution in [0.1, 0.15) is 10.4 Å². The Kier molecular flexibility index (Phi) is 2.74. The fraction of sp³-hybridized carbons (Fsp3) is 0. The van der Waals surface area contributed by atoms with Crippen molar-refractivity contribution in [2.24, 2.45) is 11.7 Å². The maximum atomic E-state index is 10.7. The lowest BCUT2D eigenvalue weighted by atomic mass is 10.1. The number of hydrogen-bond acceptors (Lipinski definition) is 5. The number of nitrogens with zero attached hydrogens (tertiary/aromatic N) is 2. The number of benzene rings is 1. The average Bonchev–Trinajstić information content (AvgIpc) is 2.27. The van der Waals surface area contributed by atoms with E-state index in [9.17, 15) is 4.79 Å². The number of hydrogen-bond donors (Lipinski definition) is 2. The van der Waals surface area contributed by atoms with Crippen molar-refractivity contribution >= 4 is 34.5 Å². The zero-order valence-corrected chi connectivity index (χ0v) is 8.98. The highest BCUT2D eigenvalue weighted by Gasteiger charge is 2.05. The molecule has 0 aliphatic heterocycles. The number of carbonyl (C=O) groups excluding carboxylic acids is 1. The maximum Gasteiger partial charge on any atom is 0.153 e. The molecule has 0 spiro atoms. The molecule has 0 unspecified atom stereocenters. The third kappa shape index (κ3) is 1.83. The van der Waals surface area contributed by atoms with E-state index < -0.39 is 0 Å². The summed E-state index contributed by atoms with van der Waals surface area (Å²) < 4.78 is 0. The van der Waals surface area contributed by atoms with Crippen molar-refractivity contribution in [3.05, 3.63) is 35.0 Å². The summed E-state index contributed by atoms with van der Waals surface area (Å²) in [4.78, 5) is 14.8. The predicted octanol–water partition coefficient (Wildman–Crippen LogP) is 1.25. The van der Waals surface area contributed by atoms with Gasteiger partial charge in [-0.05, 0) is 18.2 Å². The Balaban J connectivity index is 2.66. The Morgan fingerprint density at radius 1 is 1.31 bits per heavy atom. The first kappa shape index (κ1) is 10.8. The number of fused-ring (bicyclic) bond motifs is 1. The zero-order valence-electron chi connectivity index (χ0n) is 8.22. The summed E-state index contributed by atoms with van der Waals surface area (Å²) in [7, 11) is 0. The minimum absolute atomic E-state index is 0.167. The number of hydrazine groups is 2. The largest absolute Gasteiger partial charge is 0.298 e. The molecule has 0 aliphatic rings. The summed E-state index contributed by atoms with van der Waals surface area (Å²) >= 11 is 5.82. The molecule has 0 saturated carbocycles. The van der Waals surface area contributed by atoms with Crippen LogP contribution in [0.3, 0.4) is 0 Å². The van der Waals surface area contributed by atoms with Crippen molar-refractivity contribution < 1.29 is 4.79 Å². The van der Waals surface area contributed by atoms with Gasteiger partial charge >= 0.3 is 0 Å². The third-order valence-electron chi connectivity index (χ3n) is 2.21. The standard InChI is InChI=1S/C10H9ClN4O/c11-10-7(5-16)3-6-1-2-8(15(12)13)4-9(6)14-10/h1-5H,12-13H2. The van der Waals surface area contributed by atoms with Crippen LogP contribution >= 0.6 is 11.6 Å². The van der Waals surface area contributed by atoms with Crippen LogP contribution < -0.4 is 16.8 Å². The van der Waals surface area contributed by atoms with Crippen molar-refractivity contribution in [1.82, 2.24) is 4.98 Å². The molecular weight excluding hydrogens is 228 g/mol. The SMILES string of the molecule is NN(N)c1ccc2cc(C=O)c(Cl)nc2c1. The molecule has 1 aromatic heterocycles. The molecule has 2 aromatic rings. The first-order valence-electron chi connectivity index (χ1n) is 4.47. The Morgan fingerprint density at radius 2 is 2.06 bits per heavy atom. The Labute approximate surface area is 96.5 Å². The monoisotopic (exact) mass is 236 g/mol. The van der Waals surface area contributed by atoms with Crippen LogP contribution in [0.25, 0.3) is 10.9 Å². The maximum absolute atomic E-state index is 10.7. The molecule has 5 nitrogen and oxygen atoms in total. The number of aromatic nitrogens is 1. The Morgan fingerprint density at radius 3 is 2.69 bits per heavy atom. The number of nitrogens with two attached hydrogens (primary N) is 2. The second-order valence-electron chi connectivity index (χ2n) is 3.27. The van der Waals surface area contributed by atoms with E-state index >= 15 is 0 Å². The number of pyridine rings is 1. The summed E-state index contributed by atoms with van der Waals surface area (Å²) in [5.74, 6) is 10.8. The highest BCUT2D eigenvalue weighted by molar-refractivity contribution is 6.32. The molecule has 2 rings (SSSR count). The van der Waals surface area contributed by atoms with Gasteiger partial charge in [0, 0.05) is 5.39 Å². The molecular formula is C10H9ClN4O. The molecule has 0 atom stereocenters. The van der Waals surface area contributed by atoms with Crippen LogP contribution in [0.4, 0.5) is 5.69 Å². The third-order valence-corrected chi connectivity index (χ3v) is 2.51. The van der Waals surface area contributed by atoms with Crippen molar-refractivity contribution in [3.63, 3.8) is 0 Å². The van der Waals surface area contributed by atoms with Crippen LogP contribution in [0.15, 0.2) is 24.3 Å². The summed E-state index contributed by atoms with van der Waals surface area (Å²) in [6.45, 7) is 0. The average molecular weight is 237 g/mol. The van der Waals surface area contributed by atoms with Crippen molar-refractivity contribution in [1.29, 1.82) is 0 Å². The van der Waals surface area contributed by atoms with E-state index in [1.165, 1.54) is 0 Å². The highest BCUT2D eigenvalue weighted by Crippen LogP contribution is 2.22. The topological polar surface area (TPSA) is 85.2 Å². The molecule has 82 valence electrons. The van der Waals surface area contributed by atoms with E-state index in [2.05, 4.69) is 4.98 Å². The van der Waals surface area contributed by atoms with Gasteiger partial charge in [-0.3, -0.25) is 4.79 Å². The molecule has 0 radical (unpaired) electrons. The predicted molar refractivity (Wildman–Crippen MR) is 63.0 cm³/mol. The number of carbonyl (C=O) groups is 1. The van der Waals surface area contributed by atoms with E-state index in [1.54, 1.807) is 24.3 Å². The number of aldehydes is 1. The molecule has 1 aromatic carbocycles. The lowest BCUT2D eigenvalue weighted by molar-refractivity contribution is 0.112. The molecule has 0 amide bonds.